The normalized spacial score (nSPS) is 22.7. The first-order valence-corrected chi connectivity index (χ1v) is 9.85. The van der Waals surface area contributed by atoms with Crippen molar-refractivity contribution in [2.24, 2.45) is 5.92 Å². The second-order valence-electron chi connectivity index (χ2n) is 6.27. The van der Waals surface area contributed by atoms with Crippen LogP contribution in [0.5, 0.6) is 0 Å². The Kier molecular flexibility index (Phi) is 4.94. The fraction of sp³-hybridized carbons (Fsp3) is 0.562. The lowest BCUT2D eigenvalue weighted by molar-refractivity contribution is -0.124. The van der Waals surface area contributed by atoms with Crippen LogP contribution in [0.25, 0.3) is 0 Å². The first kappa shape index (κ1) is 16.7. The van der Waals surface area contributed by atoms with Crippen molar-refractivity contribution in [3.8, 4) is 0 Å². The minimum absolute atomic E-state index is 0.180. The number of benzene rings is 1. The number of rotatable bonds is 5. The molecule has 5 nitrogen and oxygen atoms in total. The molecule has 0 radical (unpaired) electrons. The summed E-state index contributed by atoms with van der Waals surface area (Å²) in [5.41, 5.74) is 0. The Labute approximate surface area is 142 Å². The number of nitrogens with zero attached hydrogens (tertiary/aromatic N) is 1. The molecular weight excluding hydrogens is 336 g/mol. The van der Waals surface area contributed by atoms with Gasteiger partial charge in [0.15, 0.2) is 0 Å². The fourth-order valence-electron chi connectivity index (χ4n) is 2.89. The summed E-state index contributed by atoms with van der Waals surface area (Å²) in [7, 11) is -3.71. The largest absolute Gasteiger partial charge is 0.355 e. The molecule has 1 heterocycles. The predicted octanol–water partition coefficient (Wildman–Crippen LogP) is 2.41. The van der Waals surface area contributed by atoms with E-state index in [1.54, 1.807) is 12.1 Å². The molecule has 3 rings (SSSR count). The minimum Gasteiger partial charge on any atom is -0.355 e. The summed E-state index contributed by atoms with van der Waals surface area (Å²) in [6, 6.07) is 5.53. The lowest BCUT2D eigenvalue weighted by atomic mass is 10.1. The maximum absolute atomic E-state index is 13.1. The standard InChI is InChI=1S/C16H21ClN2O3S/c17-13-6-8-14(9-7-13)23(21,22)19(11-12-4-5-12)15-3-1-2-10-18-16(15)20/h6-9,12,15H,1-5,10-11H2,(H,18,20)/t15-/m1/s1. The second-order valence-corrected chi connectivity index (χ2v) is 8.60. The zero-order valence-corrected chi connectivity index (χ0v) is 14.4. The topological polar surface area (TPSA) is 66.5 Å². The summed E-state index contributed by atoms with van der Waals surface area (Å²) in [6.07, 6.45) is 4.37. The number of carbonyl (C=O) groups is 1. The van der Waals surface area contributed by atoms with Crippen molar-refractivity contribution < 1.29 is 13.2 Å². The van der Waals surface area contributed by atoms with E-state index in [4.69, 9.17) is 11.6 Å². The van der Waals surface area contributed by atoms with Gasteiger partial charge in [-0.05, 0) is 62.3 Å². The quantitative estimate of drug-likeness (QED) is 0.881. The highest BCUT2D eigenvalue weighted by Gasteiger charge is 2.39. The molecule has 1 N–H and O–H groups in total. The number of amides is 1. The number of hydrogen-bond acceptors (Lipinski definition) is 3. The van der Waals surface area contributed by atoms with Gasteiger partial charge in [0, 0.05) is 18.1 Å². The Bertz CT molecular complexity index is 671. The van der Waals surface area contributed by atoms with Crippen molar-refractivity contribution in [2.75, 3.05) is 13.1 Å². The molecule has 0 bridgehead atoms. The van der Waals surface area contributed by atoms with Crippen molar-refractivity contribution in [3.05, 3.63) is 29.3 Å². The van der Waals surface area contributed by atoms with Gasteiger partial charge in [0.25, 0.3) is 0 Å². The van der Waals surface area contributed by atoms with E-state index in [0.29, 0.717) is 30.5 Å². The van der Waals surface area contributed by atoms with Crippen molar-refractivity contribution in [2.45, 2.75) is 43.0 Å². The second kappa shape index (κ2) is 6.79. The lowest BCUT2D eigenvalue weighted by Gasteiger charge is -2.29. The zero-order chi connectivity index (χ0) is 16.4. The van der Waals surface area contributed by atoms with Crippen LogP contribution in [0.15, 0.2) is 29.2 Å². The molecule has 7 heteroatoms. The van der Waals surface area contributed by atoms with E-state index < -0.39 is 16.1 Å². The van der Waals surface area contributed by atoms with Gasteiger partial charge in [-0.3, -0.25) is 4.79 Å². The summed E-state index contributed by atoms with van der Waals surface area (Å²) >= 11 is 5.86. The van der Waals surface area contributed by atoms with Crippen molar-refractivity contribution in [1.29, 1.82) is 0 Å². The Balaban J connectivity index is 1.93. The van der Waals surface area contributed by atoms with Gasteiger partial charge in [-0.25, -0.2) is 8.42 Å². The SMILES string of the molecule is O=C1NCCCC[C@H]1N(CC1CC1)S(=O)(=O)c1ccc(Cl)cc1. The smallest absolute Gasteiger partial charge is 0.243 e. The summed E-state index contributed by atoms with van der Waals surface area (Å²) in [6.45, 7) is 1.04. The van der Waals surface area contributed by atoms with E-state index in [1.807, 2.05) is 0 Å². The first-order valence-electron chi connectivity index (χ1n) is 8.03. The first-order chi connectivity index (χ1) is 11.0. The van der Waals surface area contributed by atoms with Gasteiger partial charge < -0.3 is 5.32 Å². The van der Waals surface area contributed by atoms with Gasteiger partial charge in [-0.1, -0.05) is 11.6 Å². The van der Waals surface area contributed by atoms with Gasteiger partial charge in [0.2, 0.25) is 15.9 Å². The third-order valence-corrected chi connectivity index (χ3v) is 6.55. The van der Waals surface area contributed by atoms with Gasteiger partial charge in [0.1, 0.15) is 6.04 Å². The van der Waals surface area contributed by atoms with Crippen LogP contribution in [0, 0.1) is 5.92 Å². The molecule has 126 valence electrons. The van der Waals surface area contributed by atoms with Gasteiger partial charge >= 0.3 is 0 Å². The van der Waals surface area contributed by atoms with Crippen LogP contribution in [-0.4, -0.2) is 37.8 Å². The molecule has 1 aromatic carbocycles. The average molecular weight is 357 g/mol. The molecule has 0 unspecified atom stereocenters. The van der Waals surface area contributed by atoms with Crippen LogP contribution in [0.3, 0.4) is 0 Å². The third kappa shape index (κ3) is 3.87. The van der Waals surface area contributed by atoms with Crippen molar-refractivity contribution in [1.82, 2.24) is 9.62 Å². The summed E-state index contributed by atoms with van der Waals surface area (Å²) in [5.74, 6) is 0.189. The van der Waals surface area contributed by atoms with Crippen LogP contribution < -0.4 is 5.32 Å². The molecule has 1 aliphatic heterocycles. The Hall–Kier alpha value is -1.11. The molecule has 2 aliphatic rings. The number of sulfonamides is 1. The Morgan fingerprint density at radius 2 is 1.83 bits per heavy atom. The monoisotopic (exact) mass is 356 g/mol. The van der Waals surface area contributed by atoms with E-state index in [9.17, 15) is 13.2 Å². The number of nitrogens with one attached hydrogen (secondary N) is 1. The Morgan fingerprint density at radius 1 is 1.13 bits per heavy atom. The van der Waals surface area contributed by atoms with Crippen molar-refractivity contribution in [3.63, 3.8) is 0 Å². The maximum atomic E-state index is 13.1. The third-order valence-electron chi connectivity index (χ3n) is 4.41. The molecule has 1 amide bonds. The highest BCUT2D eigenvalue weighted by atomic mass is 35.5. The fourth-order valence-corrected chi connectivity index (χ4v) is 4.71. The molecule has 0 aromatic heterocycles. The number of carbonyl (C=O) groups excluding carboxylic acids is 1. The predicted molar refractivity (Wildman–Crippen MR) is 88.7 cm³/mol. The molecule has 23 heavy (non-hydrogen) atoms. The number of halogens is 1. The highest BCUT2D eigenvalue weighted by molar-refractivity contribution is 7.89. The van der Waals surface area contributed by atoms with Gasteiger partial charge in [0.05, 0.1) is 4.90 Å². The van der Waals surface area contributed by atoms with Crippen molar-refractivity contribution >= 4 is 27.5 Å². The molecule has 1 aromatic rings. The summed E-state index contributed by atoms with van der Waals surface area (Å²) in [5, 5.41) is 3.33. The van der Waals surface area contributed by atoms with Crippen LogP contribution in [0.1, 0.15) is 32.1 Å². The van der Waals surface area contributed by atoms with Crippen LogP contribution >= 0.6 is 11.6 Å². The van der Waals surface area contributed by atoms with E-state index in [0.717, 1.165) is 25.7 Å². The molecular formula is C16H21ClN2O3S. The molecule has 1 saturated carbocycles. The molecule has 2 fully saturated rings. The molecule has 0 spiro atoms. The highest BCUT2D eigenvalue weighted by Crippen LogP contribution is 2.33. The number of hydrogen-bond donors (Lipinski definition) is 1. The van der Waals surface area contributed by atoms with Crippen LogP contribution in [0.2, 0.25) is 5.02 Å². The van der Waals surface area contributed by atoms with E-state index in [1.165, 1.54) is 16.4 Å². The molecule has 1 aliphatic carbocycles. The van der Waals surface area contributed by atoms with E-state index >= 15 is 0 Å². The Morgan fingerprint density at radius 3 is 2.48 bits per heavy atom. The summed E-state index contributed by atoms with van der Waals surface area (Å²) < 4.78 is 27.5. The van der Waals surface area contributed by atoms with Crippen LogP contribution in [0.4, 0.5) is 0 Å². The van der Waals surface area contributed by atoms with Crippen LogP contribution in [-0.2, 0) is 14.8 Å². The van der Waals surface area contributed by atoms with E-state index in [2.05, 4.69) is 5.32 Å². The minimum atomic E-state index is -3.71. The van der Waals surface area contributed by atoms with E-state index in [-0.39, 0.29) is 10.8 Å². The molecule has 1 saturated heterocycles. The zero-order valence-electron chi connectivity index (χ0n) is 12.9. The summed E-state index contributed by atoms with van der Waals surface area (Å²) in [4.78, 5) is 12.5. The molecule has 1 atom stereocenters. The maximum Gasteiger partial charge on any atom is 0.243 e. The average Bonchev–Trinajstić information content (AvgIpc) is 3.34. The lowest BCUT2D eigenvalue weighted by Crippen LogP contribution is -2.49. The van der Waals surface area contributed by atoms with Gasteiger partial charge in [-0.15, -0.1) is 0 Å². The van der Waals surface area contributed by atoms with Gasteiger partial charge in [-0.2, -0.15) is 4.31 Å².